The van der Waals surface area contributed by atoms with Crippen LogP contribution in [-0.4, -0.2) is 59.3 Å². The van der Waals surface area contributed by atoms with Crippen molar-refractivity contribution in [3.05, 3.63) is 59.7 Å². The number of nitrogens with one attached hydrogen (secondary N) is 3. The fourth-order valence-electron chi connectivity index (χ4n) is 3.84. The molecule has 3 rings (SSSR count). The number of amides is 1. The molecule has 2 aromatic carbocycles. The number of hydrogen-bond donors (Lipinski definition) is 3. The number of carbonyl (C=O) groups excluding carboxylic acids is 1. The summed E-state index contributed by atoms with van der Waals surface area (Å²) in [5.74, 6) is 2.20. The molecule has 2 aromatic rings. The Kier molecular flexibility index (Phi) is 10.6. The molecule has 1 fully saturated rings. The van der Waals surface area contributed by atoms with Gasteiger partial charge in [-0.15, -0.1) is 24.0 Å². The lowest BCUT2D eigenvalue weighted by atomic mass is 10.1. The zero-order valence-electron chi connectivity index (χ0n) is 19.1. The summed E-state index contributed by atoms with van der Waals surface area (Å²) in [4.78, 5) is 18.5. The monoisotopic (exact) mass is 551 g/mol. The summed E-state index contributed by atoms with van der Waals surface area (Å²) in [5, 5.41) is 9.49. The summed E-state index contributed by atoms with van der Waals surface area (Å²) in [6, 6.07) is 16.0. The molecule has 1 amide bonds. The Hall–Kier alpha value is -2.49. The molecule has 0 aromatic heterocycles. The summed E-state index contributed by atoms with van der Waals surface area (Å²) in [7, 11) is 5.14. The van der Waals surface area contributed by atoms with Gasteiger partial charge >= 0.3 is 0 Å². The van der Waals surface area contributed by atoms with Crippen LogP contribution in [0.2, 0.25) is 0 Å². The average molecular weight is 551 g/mol. The Bertz CT molecular complexity index is 905. The normalized spacial score (nSPS) is 15.7. The van der Waals surface area contributed by atoms with E-state index in [1.165, 1.54) is 5.69 Å². The largest absolute Gasteiger partial charge is 0.497 e. The molecule has 3 N–H and O–H groups in total. The van der Waals surface area contributed by atoms with E-state index in [1.807, 2.05) is 36.4 Å². The smallest absolute Gasteiger partial charge is 0.251 e. The first kappa shape index (κ1) is 25.8. The van der Waals surface area contributed by atoms with Gasteiger partial charge in [-0.25, -0.2) is 0 Å². The van der Waals surface area contributed by atoms with Gasteiger partial charge in [0.2, 0.25) is 0 Å². The highest BCUT2D eigenvalue weighted by Crippen LogP contribution is 2.26. The number of hydrogen-bond acceptors (Lipinski definition) is 4. The lowest BCUT2D eigenvalue weighted by molar-refractivity contribution is 0.0963. The quantitative estimate of drug-likeness (QED) is 0.267. The topological polar surface area (TPSA) is 78.0 Å². The Balaban J connectivity index is 0.00000363. The fourth-order valence-corrected chi connectivity index (χ4v) is 3.84. The molecular weight excluding hydrogens is 517 g/mol. The summed E-state index contributed by atoms with van der Waals surface area (Å²) in [6.07, 6.45) is 1.96. The van der Waals surface area contributed by atoms with E-state index in [0.717, 1.165) is 56.3 Å². The summed E-state index contributed by atoms with van der Waals surface area (Å²) >= 11 is 0. The number of ether oxygens (including phenoxy) is 1. The maximum atomic E-state index is 11.8. The summed E-state index contributed by atoms with van der Waals surface area (Å²) < 4.78 is 5.35. The van der Waals surface area contributed by atoms with Gasteiger partial charge in [-0.3, -0.25) is 9.79 Å². The van der Waals surface area contributed by atoms with Gasteiger partial charge < -0.3 is 25.6 Å². The maximum Gasteiger partial charge on any atom is 0.251 e. The highest BCUT2D eigenvalue weighted by molar-refractivity contribution is 14.0. The van der Waals surface area contributed by atoms with E-state index in [9.17, 15) is 4.79 Å². The number of methoxy groups -OCH3 is 1. The van der Waals surface area contributed by atoms with Gasteiger partial charge in [0.1, 0.15) is 5.75 Å². The predicted molar refractivity (Wildman–Crippen MR) is 142 cm³/mol. The van der Waals surface area contributed by atoms with Crippen molar-refractivity contribution in [3.63, 3.8) is 0 Å². The van der Waals surface area contributed by atoms with Crippen LogP contribution in [0.4, 0.5) is 5.69 Å². The van der Waals surface area contributed by atoms with E-state index >= 15 is 0 Å². The predicted octanol–water partition coefficient (Wildman–Crippen LogP) is 2.91. The first-order valence-electron chi connectivity index (χ1n) is 10.8. The number of guanidine groups is 1. The summed E-state index contributed by atoms with van der Waals surface area (Å²) in [5.41, 5.74) is 3.02. The van der Waals surface area contributed by atoms with Crippen LogP contribution in [0, 0.1) is 5.92 Å². The molecule has 174 valence electrons. The molecule has 1 saturated heterocycles. The molecule has 0 bridgehead atoms. The van der Waals surface area contributed by atoms with Crippen LogP contribution in [0.5, 0.6) is 5.75 Å². The van der Waals surface area contributed by atoms with Gasteiger partial charge in [0.05, 0.1) is 7.11 Å². The Morgan fingerprint density at radius 3 is 2.75 bits per heavy atom. The van der Waals surface area contributed by atoms with Crippen molar-refractivity contribution < 1.29 is 9.53 Å². The molecular formula is C24H34IN5O2. The first-order chi connectivity index (χ1) is 15.1. The van der Waals surface area contributed by atoms with E-state index in [4.69, 9.17) is 4.74 Å². The lowest BCUT2D eigenvalue weighted by Crippen LogP contribution is -2.41. The number of carbonyl (C=O) groups is 1. The third kappa shape index (κ3) is 7.29. The lowest BCUT2D eigenvalue weighted by Gasteiger charge is -2.20. The molecule has 1 aliphatic heterocycles. The minimum Gasteiger partial charge on any atom is -0.497 e. The number of anilines is 1. The van der Waals surface area contributed by atoms with E-state index < -0.39 is 0 Å². The molecule has 1 atom stereocenters. The zero-order valence-corrected chi connectivity index (χ0v) is 21.4. The van der Waals surface area contributed by atoms with Gasteiger partial charge in [0.25, 0.3) is 5.91 Å². The van der Waals surface area contributed by atoms with Crippen LogP contribution in [0.15, 0.2) is 53.5 Å². The molecule has 7 nitrogen and oxygen atoms in total. The van der Waals surface area contributed by atoms with Crippen LogP contribution < -0.4 is 25.6 Å². The molecule has 1 heterocycles. The maximum absolute atomic E-state index is 11.8. The molecule has 0 spiro atoms. The van der Waals surface area contributed by atoms with Crippen molar-refractivity contribution >= 4 is 41.5 Å². The van der Waals surface area contributed by atoms with Gasteiger partial charge in [0.15, 0.2) is 5.96 Å². The number of aliphatic imine (C=N–C) groups is 1. The van der Waals surface area contributed by atoms with Crippen LogP contribution in [0.25, 0.3) is 0 Å². The average Bonchev–Trinajstić information content (AvgIpc) is 3.30. The van der Waals surface area contributed by atoms with E-state index in [-0.39, 0.29) is 29.9 Å². The van der Waals surface area contributed by atoms with Crippen LogP contribution in [-0.2, 0) is 6.42 Å². The van der Waals surface area contributed by atoms with E-state index in [1.54, 1.807) is 21.2 Å². The molecule has 0 saturated carbocycles. The van der Waals surface area contributed by atoms with Gasteiger partial charge in [0, 0.05) is 57.6 Å². The highest BCUT2D eigenvalue weighted by atomic mass is 127. The van der Waals surface area contributed by atoms with Crippen molar-refractivity contribution in [1.82, 2.24) is 16.0 Å². The molecule has 32 heavy (non-hydrogen) atoms. The molecule has 1 aliphatic rings. The SMILES string of the molecule is CN=C(NCCc1cccc(C(=O)NC)c1)NCC1CCN(c2cccc(OC)c2)C1.I. The second kappa shape index (κ2) is 13.1. The zero-order chi connectivity index (χ0) is 22.1. The highest BCUT2D eigenvalue weighted by Gasteiger charge is 2.23. The minimum atomic E-state index is -0.0631. The molecule has 0 aliphatic carbocycles. The van der Waals surface area contributed by atoms with Crippen molar-refractivity contribution in [2.24, 2.45) is 10.9 Å². The standard InChI is InChI=1S/C24H33N5O2.HI/c1-25-23(30)20-7-4-6-18(14-20)10-12-27-24(26-2)28-16-19-11-13-29(17-19)21-8-5-9-22(15-21)31-3;/h4-9,14-15,19H,10-13,16-17H2,1-3H3,(H,25,30)(H2,26,27,28);1H. The third-order valence-electron chi connectivity index (χ3n) is 5.61. The Morgan fingerprint density at radius 1 is 1.19 bits per heavy atom. The second-order valence-electron chi connectivity index (χ2n) is 7.71. The van der Waals surface area contributed by atoms with Crippen molar-refractivity contribution in [2.45, 2.75) is 12.8 Å². The van der Waals surface area contributed by atoms with Crippen LogP contribution in [0.1, 0.15) is 22.3 Å². The van der Waals surface area contributed by atoms with Crippen LogP contribution >= 0.6 is 24.0 Å². The minimum absolute atomic E-state index is 0. The first-order valence-corrected chi connectivity index (χ1v) is 10.8. The van der Waals surface area contributed by atoms with Gasteiger partial charge in [-0.1, -0.05) is 18.2 Å². The molecule has 8 heteroatoms. The number of rotatable bonds is 8. The number of nitrogens with zero attached hydrogens (tertiary/aromatic N) is 2. The fraction of sp³-hybridized carbons (Fsp3) is 0.417. The van der Waals surface area contributed by atoms with Crippen LogP contribution in [0.3, 0.4) is 0 Å². The third-order valence-corrected chi connectivity index (χ3v) is 5.61. The Morgan fingerprint density at radius 2 is 2.00 bits per heavy atom. The van der Waals surface area contributed by atoms with E-state index in [2.05, 4.69) is 38.0 Å². The van der Waals surface area contributed by atoms with Crippen molar-refractivity contribution in [3.8, 4) is 5.75 Å². The summed E-state index contributed by atoms with van der Waals surface area (Å²) in [6.45, 7) is 3.69. The van der Waals surface area contributed by atoms with Gasteiger partial charge in [-0.05, 0) is 48.6 Å². The van der Waals surface area contributed by atoms with E-state index in [0.29, 0.717) is 11.5 Å². The number of halogens is 1. The Labute approximate surface area is 208 Å². The van der Waals surface area contributed by atoms with Crippen molar-refractivity contribution in [1.29, 1.82) is 0 Å². The van der Waals surface area contributed by atoms with Crippen molar-refractivity contribution in [2.75, 3.05) is 52.3 Å². The second-order valence-corrected chi connectivity index (χ2v) is 7.71. The molecule has 1 unspecified atom stereocenters. The molecule has 0 radical (unpaired) electrons. The van der Waals surface area contributed by atoms with Gasteiger partial charge in [-0.2, -0.15) is 0 Å². The number of benzene rings is 2.